The second-order valence-corrected chi connectivity index (χ2v) is 9.18. The molecule has 0 radical (unpaired) electrons. The summed E-state index contributed by atoms with van der Waals surface area (Å²) in [7, 11) is 0. The Hall–Kier alpha value is -2.37. The van der Waals surface area contributed by atoms with E-state index in [1.165, 1.54) is 5.56 Å². The van der Waals surface area contributed by atoms with Crippen LogP contribution in [0.1, 0.15) is 37.7 Å². The number of carboxylic acids is 1. The summed E-state index contributed by atoms with van der Waals surface area (Å²) >= 11 is 0. The fraction of sp³-hybridized carbons (Fsp3) is 0.480. The van der Waals surface area contributed by atoms with Gasteiger partial charge >= 0.3 is 5.97 Å². The third kappa shape index (κ3) is 3.84. The van der Waals surface area contributed by atoms with Gasteiger partial charge in [-0.15, -0.1) is 0 Å². The molecular weight excluding hydrogens is 380 g/mol. The molecule has 30 heavy (non-hydrogen) atoms. The Bertz CT molecular complexity index is 884. The molecule has 2 aliphatic heterocycles. The van der Waals surface area contributed by atoms with Crippen LogP contribution in [0.15, 0.2) is 54.6 Å². The van der Waals surface area contributed by atoms with Gasteiger partial charge < -0.3 is 19.3 Å². The number of para-hydroxylation sites is 1. The zero-order chi connectivity index (χ0) is 20.6. The first-order chi connectivity index (χ1) is 14.6. The maximum Gasteiger partial charge on any atom is 0.306 e. The molecule has 5 nitrogen and oxygen atoms in total. The molecule has 0 amide bonds. The van der Waals surface area contributed by atoms with Crippen molar-refractivity contribution in [1.29, 1.82) is 0 Å². The summed E-state index contributed by atoms with van der Waals surface area (Å²) in [6.45, 7) is 1.93. The molecule has 2 bridgehead atoms. The van der Waals surface area contributed by atoms with Crippen molar-refractivity contribution in [2.75, 3.05) is 19.8 Å². The number of hydrogen-bond donors (Lipinski definition) is 1. The molecule has 0 spiro atoms. The summed E-state index contributed by atoms with van der Waals surface area (Å²) in [4.78, 5) is 11.0. The van der Waals surface area contributed by atoms with E-state index in [1.54, 1.807) is 0 Å². The van der Waals surface area contributed by atoms with E-state index in [-0.39, 0.29) is 22.9 Å². The number of aliphatic carboxylic acids is 1. The van der Waals surface area contributed by atoms with Gasteiger partial charge in [-0.3, -0.25) is 4.79 Å². The van der Waals surface area contributed by atoms with Crippen molar-refractivity contribution >= 4 is 5.97 Å². The van der Waals surface area contributed by atoms with Crippen molar-refractivity contribution in [3.05, 3.63) is 60.2 Å². The van der Waals surface area contributed by atoms with E-state index < -0.39 is 5.97 Å². The van der Waals surface area contributed by atoms with Crippen LogP contribution < -0.4 is 4.74 Å². The summed E-state index contributed by atoms with van der Waals surface area (Å²) in [5, 5.41) is 9.03. The molecule has 158 valence electrons. The van der Waals surface area contributed by atoms with Crippen LogP contribution in [0.4, 0.5) is 0 Å². The van der Waals surface area contributed by atoms with Gasteiger partial charge in [-0.2, -0.15) is 0 Å². The normalized spacial score (nSPS) is 32.0. The largest absolute Gasteiger partial charge is 0.481 e. The summed E-state index contributed by atoms with van der Waals surface area (Å²) in [5.74, 6) is 0.966. The second-order valence-electron chi connectivity index (χ2n) is 9.18. The van der Waals surface area contributed by atoms with Gasteiger partial charge in [-0.05, 0) is 67.9 Å². The summed E-state index contributed by atoms with van der Waals surface area (Å²) in [5.41, 5.74) is 1.03. The number of carboxylic acid groups (broad SMARTS) is 1. The summed E-state index contributed by atoms with van der Waals surface area (Å²) in [6, 6.07) is 18.1. The Morgan fingerprint density at radius 1 is 1.03 bits per heavy atom. The standard InChI is InChI=1S/C25H28O5/c26-23(27)22-13-18(22)15-28-16-24-9-11-25(12-10-24,29-17-24)19-5-4-8-21(14-19)30-20-6-2-1-3-7-20/h1-8,14,18,22H,9-13,15-17H2,(H,26,27)/t18-,22+,24?,25?/m0/s1. The minimum atomic E-state index is -0.691. The number of benzene rings is 2. The lowest BCUT2D eigenvalue weighted by Gasteiger charge is -2.53. The Balaban J connectivity index is 1.19. The first kappa shape index (κ1) is 19.6. The van der Waals surface area contributed by atoms with Gasteiger partial charge in [0.25, 0.3) is 0 Å². The number of hydrogen-bond acceptors (Lipinski definition) is 4. The topological polar surface area (TPSA) is 65.0 Å². The first-order valence-electron chi connectivity index (χ1n) is 10.9. The van der Waals surface area contributed by atoms with E-state index in [1.807, 2.05) is 42.5 Å². The zero-order valence-electron chi connectivity index (χ0n) is 17.1. The number of rotatable bonds is 8. The van der Waals surface area contributed by atoms with Crippen LogP contribution in [0.25, 0.3) is 0 Å². The lowest BCUT2D eigenvalue weighted by molar-refractivity contribution is -0.205. The predicted octanol–water partition coefficient (Wildman–Crippen LogP) is 5.00. The quantitative estimate of drug-likeness (QED) is 0.666. The molecule has 2 aromatic rings. The summed E-state index contributed by atoms with van der Waals surface area (Å²) in [6.07, 6.45) is 4.86. The number of carbonyl (C=O) groups is 1. The van der Waals surface area contributed by atoms with Gasteiger partial charge in [-0.25, -0.2) is 0 Å². The highest BCUT2D eigenvalue weighted by Gasteiger charge is 2.51. The van der Waals surface area contributed by atoms with Crippen molar-refractivity contribution in [1.82, 2.24) is 0 Å². The number of ether oxygens (including phenoxy) is 3. The second kappa shape index (κ2) is 7.71. The van der Waals surface area contributed by atoms with Gasteiger partial charge in [0.2, 0.25) is 0 Å². The Labute approximate surface area is 177 Å². The molecule has 0 unspecified atom stereocenters. The van der Waals surface area contributed by atoms with Crippen molar-refractivity contribution in [2.45, 2.75) is 37.7 Å². The Morgan fingerprint density at radius 2 is 1.80 bits per heavy atom. The van der Waals surface area contributed by atoms with E-state index >= 15 is 0 Å². The average Bonchev–Trinajstić information content (AvgIpc) is 3.56. The zero-order valence-corrected chi connectivity index (χ0v) is 17.1. The SMILES string of the molecule is O=C(O)[C@@H]1C[C@H]1COCC12CCC(c3cccc(Oc4ccccc4)c3)(CC1)OC2. The predicted molar refractivity (Wildman–Crippen MR) is 112 cm³/mol. The molecular formula is C25H28O5. The maximum absolute atomic E-state index is 11.0. The van der Waals surface area contributed by atoms with Crippen LogP contribution in [0, 0.1) is 17.3 Å². The van der Waals surface area contributed by atoms with Crippen LogP contribution in [0.2, 0.25) is 0 Å². The fourth-order valence-corrected chi connectivity index (χ4v) is 4.95. The molecule has 4 aliphatic rings. The van der Waals surface area contributed by atoms with Crippen molar-refractivity contribution in [3.8, 4) is 11.5 Å². The van der Waals surface area contributed by atoms with Gasteiger partial charge in [-0.1, -0.05) is 30.3 Å². The van der Waals surface area contributed by atoms with Gasteiger partial charge in [0.05, 0.1) is 31.3 Å². The molecule has 2 saturated carbocycles. The van der Waals surface area contributed by atoms with Gasteiger partial charge in [0.15, 0.2) is 0 Å². The van der Waals surface area contributed by atoms with Crippen LogP contribution in [-0.2, 0) is 19.9 Å². The van der Waals surface area contributed by atoms with Crippen molar-refractivity contribution < 1.29 is 24.1 Å². The minimum absolute atomic E-state index is 0.0769. The van der Waals surface area contributed by atoms with Crippen LogP contribution >= 0.6 is 0 Å². The molecule has 0 aromatic heterocycles. The van der Waals surface area contributed by atoms with E-state index in [2.05, 4.69) is 12.1 Å². The molecule has 4 fully saturated rings. The van der Waals surface area contributed by atoms with E-state index in [0.29, 0.717) is 19.8 Å². The molecule has 2 aliphatic carbocycles. The smallest absolute Gasteiger partial charge is 0.306 e. The highest BCUT2D eigenvalue weighted by Crippen LogP contribution is 2.54. The number of fused-ring (bicyclic) bond motifs is 3. The Morgan fingerprint density at radius 3 is 2.47 bits per heavy atom. The molecule has 2 heterocycles. The fourth-order valence-electron chi connectivity index (χ4n) is 4.95. The summed E-state index contributed by atoms with van der Waals surface area (Å²) < 4.78 is 18.4. The van der Waals surface area contributed by atoms with E-state index in [0.717, 1.165) is 43.6 Å². The molecule has 2 atom stereocenters. The van der Waals surface area contributed by atoms with Crippen LogP contribution in [-0.4, -0.2) is 30.9 Å². The molecule has 6 rings (SSSR count). The van der Waals surface area contributed by atoms with Crippen LogP contribution in [0.3, 0.4) is 0 Å². The monoisotopic (exact) mass is 408 g/mol. The lowest BCUT2D eigenvalue weighted by Crippen LogP contribution is -2.51. The molecule has 5 heteroatoms. The van der Waals surface area contributed by atoms with Crippen molar-refractivity contribution in [3.63, 3.8) is 0 Å². The maximum atomic E-state index is 11.0. The first-order valence-corrected chi connectivity index (χ1v) is 10.9. The Kier molecular flexibility index (Phi) is 5.03. The average molecular weight is 408 g/mol. The van der Waals surface area contributed by atoms with E-state index in [4.69, 9.17) is 19.3 Å². The highest BCUT2D eigenvalue weighted by molar-refractivity contribution is 5.73. The third-order valence-electron chi connectivity index (χ3n) is 7.09. The third-order valence-corrected chi connectivity index (χ3v) is 7.09. The lowest BCUT2D eigenvalue weighted by atomic mass is 9.64. The molecule has 1 N–H and O–H groups in total. The van der Waals surface area contributed by atoms with Gasteiger partial charge in [0, 0.05) is 5.41 Å². The highest BCUT2D eigenvalue weighted by atomic mass is 16.5. The minimum Gasteiger partial charge on any atom is -0.481 e. The van der Waals surface area contributed by atoms with Gasteiger partial charge in [0.1, 0.15) is 11.5 Å². The van der Waals surface area contributed by atoms with Crippen LogP contribution in [0.5, 0.6) is 11.5 Å². The molecule has 2 aromatic carbocycles. The van der Waals surface area contributed by atoms with Crippen molar-refractivity contribution in [2.24, 2.45) is 17.3 Å². The molecule has 2 saturated heterocycles. The van der Waals surface area contributed by atoms with E-state index in [9.17, 15) is 4.79 Å².